The summed E-state index contributed by atoms with van der Waals surface area (Å²) >= 11 is 5.09. The van der Waals surface area contributed by atoms with Gasteiger partial charge < -0.3 is 15.8 Å². The van der Waals surface area contributed by atoms with Gasteiger partial charge in [-0.05, 0) is 31.9 Å². The van der Waals surface area contributed by atoms with E-state index >= 15 is 0 Å². The van der Waals surface area contributed by atoms with Crippen molar-refractivity contribution < 1.29 is 9.53 Å². The van der Waals surface area contributed by atoms with Gasteiger partial charge in [0.1, 0.15) is 5.41 Å². The number of thiocarbonyl (C=S) groups is 1. The van der Waals surface area contributed by atoms with E-state index in [2.05, 4.69) is 10.3 Å². The summed E-state index contributed by atoms with van der Waals surface area (Å²) in [5, 5.41) is 2.84. The molecule has 0 aliphatic carbocycles. The maximum Gasteiger partial charge on any atom is 0.237 e. The number of rotatable bonds is 3. The fourth-order valence-corrected chi connectivity index (χ4v) is 2.39. The molecule has 1 aromatic rings. The van der Waals surface area contributed by atoms with E-state index in [9.17, 15) is 4.79 Å². The number of nitrogens with zero attached hydrogens (tertiary/aromatic N) is 1. The van der Waals surface area contributed by atoms with Gasteiger partial charge in [0.2, 0.25) is 5.91 Å². The number of nitrogens with one attached hydrogen (secondary N) is 1. The standard InChI is InChI=1S/C13H17N3O2S/c1-9-2-3-10(8-15-9)16-12(17)13(11(14)19)4-6-18-7-5-13/h2-3,8H,4-7H2,1H3,(H2,14,19)(H,16,17). The minimum absolute atomic E-state index is 0.172. The van der Waals surface area contributed by atoms with Gasteiger partial charge >= 0.3 is 0 Å². The van der Waals surface area contributed by atoms with Crippen LogP contribution in [0.4, 0.5) is 5.69 Å². The lowest BCUT2D eigenvalue weighted by molar-refractivity contribution is -0.126. The Labute approximate surface area is 117 Å². The van der Waals surface area contributed by atoms with Gasteiger partial charge in [-0.3, -0.25) is 9.78 Å². The lowest BCUT2D eigenvalue weighted by Crippen LogP contribution is -2.49. The fourth-order valence-electron chi connectivity index (χ4n) is 2.10. The Hall–Kier alpha value is -1.53. The van der Waals surface area contributed by atoms with Gasteiger partial charge in [-0.15, -0.1) is 0 Å². The summed E-state index contributed by atoms with van der Waals surface area (Å²) in [4.78, 5) is 16.8. The second-order valence-corrected chi connectivity index (χ2v) is 5.14. The van der Waals surface area contributed by atoms with Crippen LogP contribution in [0, 0.1) is 12.3 Å². The number of aryl methyl sites for hydroxylation is 1. The molecule has 1 fully saturated rings. The Morgan fingerprint density at radius 2 is 2.16 bits per heavy atom. The first-order chi connectivity index (χ1) is 9.04. The van der Waals surface area contributed by atoms with Crippen LogP contribution in [0.1, 0.15) is 18.5 Å². The number of carbonyl (C=O) groups excluding carboxylic acids is 1. The first kappa shape index (κ1) is 13.9. The SMILES string of the molecule is Cc1ccc(NC(=O)C2(C(N)=S)CCOCC2)cn1. The number of amides is 1. The van der Waals surface area contributed by atoms with Crippen molar-refractivity contribution in [2.45, 2.75) is 19.8 Å². The summed E-state index contributed by atoms with van der Waals surface area (Å²) < 4.78 is 5.28. The van der Waals surface area contributed by atoms with Crippen LogP contribution in [0.3, 0.4) is 0 Å². The molecule has 1 aliphatic heterocycles. The van der Waals surface area contributed by atoms with E-state index in [0.29, 0.717) is 31.7 Å². The maximum absolute atomic E-state index is 12.5. The highest BCUT2D eigenvalue weighted by Crippen LogP contribution is 2.32. The van der Waals surface area contributed by atoms with E-state index in [1.54, 1.807) is 6.20 Å². The molecule has 19 heavy (non-hydrogen) atoms. The van der Waals surface area contributed by atoms with Crippen LogP contribution in [-0.2, 0) is 9.53 Å². The Kier molecular flexibility index (Phi) is 4.11. The molecular formula is C13H17N3O2S. The zero-order valence-electron chi connectivity index (χ0n) is 10.8. The van der Waals surface area contributed by atoms with Crippen LogP contribution in [0.25, 0.3) is 0 Å². The van der Waals surface area contributed by atoms with E-state index in [0.717, 1.165) is 5.69 Å². The number of hydrogen-bond acceptors (Lipinski definition) is 4. The predicted octanol–water partition coefficient (Wildman–Crippen LogP) is 1.41. The molecule has 1 aromatic heterocycles. The Balaban J connectivity index is 2.16. The van der Waals surface area contributed by atoms with E-state index in [1.807, 2.05) is 19.1 Å². The van der Waals surface area contributed by atoms with Crippen molar-refractivity contribution in [3.05, 3.63) is 24.0 Å². The summed E-state index contributed by atoms with van der Waals surface area (Å²) in [5.41, 5.74) is 6.52. The van der Waals surface area contributed by atoms with E-state index in [4.69, 9.17) is 22.7 Å². The van der Waals surface area contributed by atoms with E-state index in [1.165, 1.54) is 0 Å². The number of pyridine rings is 1. The Morgan fingerprint density at radius 1 is 1.47 bits per heavy atom. The third-order valence-corrected chi connectivity index (χ3v) is 3.81. The lowest BCUT2D eigenvalue weighted by Gasteiger charge is -2.34. The quantitative estimate of drug-likeness (QED) is 0.818. The first-order valence-corrected chi connectivity index (χ1v) is 6.57. The van der Waals surface area contributed by atoms with Crippen LogP contribution in [0.15, 0.2) is 18.3 Å². The van der Waals surface area contributed by atoms with Crippen molar-refractivity contribution in [2.75, 3.05) is 18.5 Å². The molecule has 0 saturated carbocycles. The Bertz CT molecular complexity index is 481. The van der Waals surface area contributed by atoms with Crippen molar-refractivity contribution >= 4 is 28.8 Å². The third-order valence-electron chi connectivity index (χ3n) is 3.42. The molecular weight excluding hydrogens is 262 g/mol. The molecule has 1 amide bonds. The fraction of sp³-hybridized carbons (Fsp3) is 0.462. The molecule has 1 saturated heterocycles. The number of aromatic nitrogens is 1. The van der Waals surface area contributed by atoms with Gasteiger partial charge in [-0.25, -0.2) is 0 Å². The van der Waals surface area contributed by atoms with Crippen LogP contribution >= 0.6 is 12.2 Å². The zero-order chi connectivity index (χ0) is 13.9. The molecule has 6 heteroatoms. The minimum Gasteiger partial charge on any atom is -0.392 e. The highest BCUT2D eigenvalue weighted by atomic mass is 32.1. The largest absolute Gasteiger partial charge is 0.392 e. The smallest absolute Gasteiger partial charge is 0.237 e. The molecule has 0 spiro atoms. The molecule has 3 N–H and O–H groups in total. The van der Waals surface area contributed by atoms with Crippen molar-refractivity contribution in [1.29, 1.82) is 0 Å². The Morgan fingerprint density at radius 3 is 2.68 bits per heavy atom. The van der Waals surface area contributed by atoms with E-state index in [-0.39, 0.29) is 10.9 Å². The number of ether oxygens (including phenoxy) is 1. The van der Waals surface area contributed by atoms with Crippen molar-refractivity contribution in [3.63, 3.8) is 0 Å². The van der Waals surface area contributed by atoms with Gasteiger partial charge in [-0.1, -0.05) is 12.2 Å². The highest BCUT2D eigenvalue weighted by Gasteiger charge is 2.43. The maximum atomic E-state index is 12.5. The van der Waals surface area contributed by atoms with Crippen molar-refractivity contribution in [3.8, 4) is 0 Å². The van der Waals surface area contributed by atoms with Gasteiger partial charge in [0, 0.05) is 18.9 Å². The highest BCUT2D eigenvalue weighted by molar-refractivity contribution is 7.80. The number of anilines is 1. The summed E-state index contributed by atoms with van der Waals surface area (Å²) in [5.74, 6) is -0.172. The molecule has 102 valence electrons. The molecule has 1 aliphatic rings. The van der Waals surface area contributed by atoms with Crippen LogP contribution in [0.2, 0.25) is 0 Å². The van der Waals surface area contributed by atoms with Gasteiger partial charge in [0.05, 0.1) is 16.9 Å². The summed E-state index contributed by atoms with van der Waals surface area (Å²) in [6, 6.07) is 3.65. The van der Waals surface area contributed by atoms with Crippen molar-refractivity contribution in [1.82, 2.24) is 4.98 Å². The van der Waals surface area contributed by atoms with Gasteiger partial charge in [-0.2, -0.15) is 0 Å². The van der Waals surface area contributed by atoms with Crippen LogP contribution in [0.5, 0.6) is 0 Å². The summed E-state index contributed by atoms with van der Waals surface area (Å²) in [6.45, 7) is 2.88. The van der Waals surface area contributed by atoms with Crippen LogP contribution in [-0.4, -0.2) is 29.1 Å². The van der Waals surface area contributed by atoms with E-state index < -0.39 is 5.41 Å². The van der Waals surface area contributed by atoms with Crippen molar-refractivity contribution in [2.24, 2.45) is 11.1 Å². The average Bonchev–Trinajstić information content (AvgIpc) is 2.42. The molecule has 0 atom stereocenters. The third kappa shape index (κ3) is 2.90. The number of carbonyl (C=O) groups is 1. The molecule has 0 bridgehead atoms. The topological polar surface area (TPSA) is 77.2 Å². The first-order valence-electron chi connectivity index (χ1n) is 6.16. The molecule has 2 rings (SSSR count). The number of hydrogen-bond donors (Lipinski definition) is 2. The second kappa shape index (κ2) is 5.63. The lowest BCUT2D eigenvalue weighted by atomic mass is 9.79. The summed E-state index contributed by atoms with van der Waals surface area (Å²) in [6.07, 6.45) is 2.67. The predicted molar refractivity (Wildman–Crippen MR) is 76.9 cm³/mol. The molecule has 0 radical (unpaired) electrons. The van der Waals surface area contributed by atoms with Gasteiger partial charge in [0.15, 0.2) is 0 Å². The second-order valence-electron chi connectivity index (χ2n) is 4.70. The molecule has 2 heterocycles. The normalized spacial score (nSPS) is 17.7. The van der Waals surface area contributed by atoms with Crippen LogP contribution < -0.4 is 11.1 Å². The molecule has 5 nitrogen and oxygen atoms in total. The average molecular weight is 279 g/mol. The monoisotopic (exact) mass is 279 g/mol. The summed E-state index contributed by atoms with van der Waals surface area (Å²) in [7, 11) is 0. The molecule has 0 aromatic carbocycles. The minimum atomic E-state index is -0.807. The number of nitrogens with two attached hydrogens (primary N) is 1. The zero-order valence-corrected chi connectivity index (χ0v) is 11.6. The van der Waals surface area contributed by atoms with Gasteiger partial charge in [0.25, 0.3) is 0 Å². The molecule has 0 unspecified atom stereocenters.